The van der Waals surface area contributed by atoms with E-state index in [1.54, 1.807) is 6.20 Å². The van der Waals surface area contributed by atoms with Crippen molar-refractivity contribution in [2.75, 3.05) is 6.61 Å². The van der Waals surface area contributed by atoms with Crippen LogP contribution in [0.2, 0.25) is 25.7 Å². The number of ether oxygens (including phenoxy) is 1. The fourth-order valence-electron chi connectivity index (χ4n) is 0.976. The quantitative estimate of drug-likeness (QED) is 0.616. The molecule has 0 spiro atoms. The summed E-state index contributed by atoms with van der Waals surface area (Å²) < 4.78 is 20.0. The molecule has 1 rings (SSSR count). The molecule has 0 N–H and O–H groups in total. The van der Waals surface area contributed by atoms with E-state index in [1.807, 2.05) is 0 Å². The maximum Gasteiger partial charge on any atom is 0.246 e. The van der Waals surface area contributed by atoms with Crippen LogP contribution in [0.15, 0.2) is 10.7 Å². The van der Waals surface area contributed by atoms with E-state index in [4.69, 9.17) is 4.74 Å². The smallest absolute Gasteiger partial charge is 0.246 e. The SMILES string of the molecule is C[Si](C)(C)CCOCn1cc(Br)c(F)n1. The molecule has 0 aliphatic carbocycles. The summed E-state index contributed by atoms with van der Waals surface area (Å²) in [5.74, 6) is -0.496. The molecule has 3 nitrogen and oxygen atoms in total. The van der Waals surface area contributed by atoms with Crippen LogP contribution >= 0.6 is 15.9 Å². The van der Waals surface area contributed by atoms with Crippen LogP contribution in [-0.2, 0) is 11.5 Å². The van der Waals surface area contributed by atoms with Crippen molar-refractivity contribution in [3.8, 4) is 0 Å². The van der Waals surface area contributed by atoms with Crippen LogP contribution in [0.4, 0.5) is 4.39 Å². The average molecular weight is 295 g/mol. The zero-order chi connectivity index (χ0) is 11.5. The third-order valence-electron chi connectivity index (χ3n) is 1.90. The predicted octanol–water partition coefficient (Wildman–Crippen LogP) is 3.10. The van der Waals surface area contributed by atoms with Gasteiger partial charge in [-0.25, -0.2) is 4.68 Å². The number of nitrogens with zero attached hydrogens (tertiary/aromatic N) is 2. The van der Waals surface area contributed by atoms with Gasteiger partial charge in [-0.2, -0.15) is 4.39 Å². The molecule has 0 saturated heterocycles. The van der Waals surface area contributed by atoms with Crippen LogP contribution in [-0.4, -0.2) is 24.5 Å². The summed E-state index contributed by atoms with van der Waals surface area (Å²) in [5.41, 5.74) is 0. The Labute approximate surface area is 98.8 Å². The van der Waals surface area contributed by atoms with Gasteiger partial charge in [0.05, 0.1) is 4.47 Å². The topological polar surface area (TPSA) is 27.1 Å². The molecule has 86 valence electrons. The number of aromatic nitrogens is 2. The lowest BCUT2D eigenvalue weighted by Crippen LogP contribution is -2.22. The van der Waals surface area contributed by atoms with Gasteiger partial charge in [0.2, 0.25) is 5.95 Å². The summed E-state index contributed by atoms with van der Waals surface area (Å²) in [5, 5.41) is 3.63. The summed E-state index contributed by atoms with van der Waals surface area (Å²) in [6, 6.07) is 1.11. The second-order valence-corrected chi connectivity index (χ2v) is 11.1. The minimum Gasteiger partial charge on any atom is -0.360 e. The van der Waals surface area contributed by atoms with Gasteiger partial charge in [0, 0.05) is 20.9 Å². The molecule has 0 amide bonds. The van der Waals surface area contributed by atoms with Gasteiger partial charge >= 0.3 is 0 Å². The van der Waals surface area contributed by atoms with E-state index in [0.29, 0.717) is 11.2 Å². The Balaban J connectivity index is 2.26. The maximum absolute atomic E-state index is 12.8. The van der Waals surface area contributed by atoms with E-state index < -0.39 is 14.0 Å². The Morgan fingerprint density at radius 1 is 1.53 bits per heavy atom. The van der Waals surface area contributed by atoms with Crippen LogP contribution < -0.4 is 0 Å². The van der Waals surface area contributed by atoms with Crippen molar-refractivity contribution in [2.45, 2.75) is 32.4 Å². The molecular formula is C9H16BrFN2OSi. The monoisotopic (exact) mass is 294 g/mol. The lowest BCUT2D eigenvalue weighted by Gasteiger charge is -2.15. The molecule has 0 atom stereocenters. The van der Waals surface area contributed by atoms with Crippen molar-refractivity contribution in [1.29, 1.82) is 0 Å². The van der Waals surface area contributed by atoms with Gasteiger partial charge in [-0.1, -0.05) is 19.6 Å². The van der Waals surface area contributed by atoms with Gasteiger partial charge in [-0.05, 0) is 22.0 Å². The third-order valence-corrected chi connectivity index (χ3v) is 4.13. The second kappa shape index (κ2) is 5.22. The zero-order valence-electron chi connectivity index (χ0n) is 9.26. The van der Waals surface area contributed by atoms with E-state index in [9.17, 15) is 4.39 Å². The molecule has 0 aliphatic heterocycles. The lowest BCUT2D eigenvalue weighted by molar-refractivity contribution is 0.0774. The zero-order valence-corrected chi connectivity index (χ0v) is 11.8. The Morgan fingerprint density at radius 3 is 2.67 bits per heavy atom. The van der Waals surface area contributed by atoms with Gasteiger partial charge in [0.25, 0.3) is 0 Å². The standard InChI is InChI=1S/C9H16BrFN2OSi/c1-15(2,3)5-4-14-7-13-6-8(10)9(11)12-13/h6H,4-5,7H2,1-3H3. The highest BCUT2D eigenvalue weighted by Crippen LogP contribution is 2.12. The predicted molar refractivity (Wildman–Crippen MR) is 64.0 cm³/mol. The van der Waals surface area contributed by atoms with E-state index in [0.717, 1.165) is 12.7 Å². The first-order chi connectivity index (χ1) is 6.88. The van der Waals surface area contributed by atoms with Crippen molar-refractivity contribution in [2.24, 2.45) is 0 Å². The molecule has 0 aromatic carbocycles. The first kappa shape index (κ1) is 12.9. The molecular weight excluding hydrogens is 279 g/mol. The Bertz CT molecular complexity index is 305. The highest BCUT2D eigenvalue weighted by Gasteiger charge is 2.12. The van der Waals surface area contributed by atoms with E-state index in [-0.39, 0.29) is 0 Å². The molecule has 15 heavy (non-hydrogen) atoms. The van der Waals surface area contributed by atoms with Crippen LogP contribution in [0.5, 0.6) is 0 Å². The molecule has 0 unspecified atom stereocenters. The molecule has 1 heterocycles. The lowest BCUT2D eigenvalue weighted by atomic mass is 10.7. The van der Waals surface area contributed by atoms with E-state index in [1.165, 1.54) is 4.68 Å². The highest BCUT2D eigenvalue weighted by atomic mass is 79.9. The molecule has 1 aromatic rings. The average Bonchev–Trinajstić information content (AvgIpc) is 2.39. The summed E-state index contributed by atoms with van der Waals surface area (Å²) in [6.07, 6.45) is 1.57. The van der Waals surface area contributed by atoms with Crippen LogP contribution in [0.25, 0.3) is 0 Å². The van der Waals surface area contributed by atoms with Crippen LogP contribution in [0.1, 0.15) is 0 Å². The van der Waals surface area contributed by atoms with Crippen molar-refractivity contribution in [1.82, 2.24) is 9.78 Å². The first-order valence-corrected chi connectivity index (χ1v) is 9.35. The molecule has 1 aromatic heterocycles. The van der Waals surface area contributed by atoms with Gasteiger partial charge < -0.3 is 4.74 Å². The fraction of sp³-hybridized carbons (Fsp3) is 0.667. The number of halogens is 2. The van der Waals surface area contributed by atoms with Gasteiger partial charge in [-0.3, -0.25) is 0 Å². The van der Waals surface area contributed by atoms with Crippen molar-refractivity contribution in [3.63, 3.8) is 0 Å². The number of hydrogen-bond donors (Lipinski definition) is 0. The Hall–Kier alpha value is -0.203. The van der Waals surface area contributed by atoms with Crippen LogP contribution in [0.3, 0.4) is 0 Å². The summed E-state index contributed by atoms with van der Waals surface area (Å²) in [7, 11) is -1.04. The minimum atomic E-state index is -1.04. The Kier molecular flexibility index (Phi) is 4.48. The first-order valence-electron chi connectivity index (χ1n) is 4.85. The molecule has 0 saturated carbocycles. The summed E-state index contributed by atoms with van der Waals surface area (Å²) in [4.78, 5) is 0. The molecule has 0 aliphatic rings. The van der Waals surface area contributed by atoms with Gasteiger partial charge in [0.15, 0.2) is 0 Å². The van der Waals surface area contributed by atoms with Gasteiger partial charge in [0.1, 0.15) is 6.73 Å². The normalized spacial score (nSPS) is 12.1. The summed E-state index contributed by atoms with van der Waals surface area (Å²) >= 11 is 3.05. The largest absolute Gasteiger partial charge is 0.360 e. The third kappa shape index (κ3) is 4.90. The van der Waals surface area contributed by atoms with Crippen LogP contribution in [0, 0.1) is 5.95 Å². The van der Waals surface area contributed by atoms with Crippen molar-refractivity contribution >= 4 is 24.0 Å². The van der Waals surface area contributed by atoms with Gasteiger partial charge in [-0.15, -0.1) is 5.10 Å². The van der Waals surface area contributed by atoms with Crippen molar-refractivity contribution < 1.29 is 9.13 Å². The van der Waals surface area contributed by atoms with Crippen molar-refractivity contribution in [3.05, 3.63) is 16.6 Å². The molecule has 0 radical (unpaired) electrons. The van der Waals surface area contributed by atoms with E-state index in [2.05, 4.69) is 40.7 Å². The highest BCUT2D eigenvalue weighted by molar-refractivity contribution is 9.10. The minimum absolute atomic E-state index is 0.312. The second-order valence-electron chi connectivity index (χ2n) is 4.66. The number of rotatable bonds is 5. The number of hydrogen-bond acceptors (Lipinski definition) is 2. The summed E-state index contributed by atoms with van der Waals surface area (Å²) in [6.45, 7) is 7.91. The Morgan fingerprint density at radius 2 is 2.20 bits per heavy atom. The molecule has 0 fully saturated rings. The molecule has 6 heteroatoms. The maximum atomic E-state index is 12.8. The van der Waals surface area contributed by atoms with E-state index >= 15 is 0 Å². The molecule has 0 bridgehead atoms. The fourth-order valence-corrected chi connectivity index (χ4v) is 2.05.